The van der Waals surface area contributed by atoms with E-state index in [0.717, 1.165) is 27.5 Å². The molecular weight excluding hydrogens is 510 g/mol. The number of aromatic nitrogens is 6. The van der Waals surface area contributed by atoms with Crippen molar-refractivity contribution < 1.29 is 9.53 Å². The van der Waals surface area contributed by atoms with Crippen molar-refractivity contribution in [2.45, 2.75) is 6.42 Å². The first kappa shape index (κ1) is 23.1. The van der Waals surface area contributed by atoms with E-state index in [1.54, 1.807) is 16.6 Å². The highest BCUT2D eigenvalue weighted by Crippen LogP contribution is 2.25. The third-order valence-electron chi connectivity index (χ3n) is 5.71. The number of thiazole rings is 1. The number of rotatable bonds is 8. The Balaban J connectivity index is 1.05. The Bertz CT molecular complexity index is 1690. The SMILES string of the molecule is O=C(Cc1csc2nc(-c3ccc(Cl)cc3)cn12)NCCOc1ccc2nnc(-c3ccccc3)n2n1. The second kappa shape index (κ2) is 10.00. The van der Waals surface area contributed by atoms with Crippen molar-refractivity contribution >= 4 is 39.5 Å². The van der Waals surface area contributed by atoms with Crippen LogP contribution < -0.4 is 10.1 Å². The highest BCUT2D eigenvalue weighted by molar-refractivity contribution is 7.15. The summed E-state index contributed by atoms with van der Waals surface area (Å²) in [5, 5.41) is 18.4. The summed E-state index contributed by atoms with van der Waals surface area (Å²) in [6.07, 6.45) is 2.18. The molecule has 4 heterocycles. The zero-order valence-electron chi connectivity index (χ0n) is 19.4. The summed E-state index contributed by atoms with van der Waals surface area (Å²) in [6.45, 7) is 0.622. The van der Waals surface area contributed by atoms with Gasteiger partial charge in [-0.05, 0) is 18.2 Å². The Hall–Kier alpha value is -4.28. The number of nitrogens with zero attached hydrogens (tertiary/aromatic N) is 6. The number of fused-ring (bicyclic) bond motifs is 2. The van der Waals surface area contributed by atoms with Crippen molar-refractivity contribution in [1.29, 1.82) is 0 Å². The van der Waals surface area contributed by atoms with Crippen LogP contribution in [-0.4, -0.2) is 48.3 Å². The Morgan fingerprint density at radius 1 is 1.00 bits per heavy atom. The molecule has 0 spiro atoms. The normalized spacial score (nSPS) is 11.3. The van der Waals surface area contributed by atoms with Crippen LogP contribution in [0.2, 0.25) is 5.02 Å². The van der Waals surface area contributed by atoms with Gasteiger partial charge in [0.2, 0.25) is 11.8 Å². The maximum atomic E-state index is 12.6. The van der Waals surface area contributed by atoms with Gasteiger partial charge < -0.3 is 10.1 Å². The van der Waals surface area contributed by atoms with Crippen molar-refractivity contribution in [3.63, 3.8) is 0 Å². The highest BCUT2D eigenvalue weighted by Gasteiger charge is 2.13. The average molecular weight is 530 g/mol. The molecule has 0 atom stereocenters. The number of benzene rings is 2. The number of hydrogen-bond acceptors (Lipinski definition) is 7. The van der Waals surface area contributed by atoms with Gasteiger partial charge in [0.1, 0.15) is 6.61 Å². The summed E-state index contributed by atoms with van der Waals surface area (Å²) in [5.74, 6) is 0.959. The smallest absolute Gasteiger partial charge is 0.231 e. The van der Waals surface area contributed by atoms with Crippen LogP contribution in [0.5, 0.6) is 5.88 Å². The number of carbonyl (C=O) groups excluding carboxylic acids is 1. The molecule has 0 aliphatic carbocycles. The van der Waals surface area contributed by atoms with E-state index in [1.807, 2.05) is 70.6 Å². The molecule has 184 valence electrons. The molecule has 6 aromatic rings. The van der Waals surface area contributed by atoms with Crippen LogP contribution in [0.15, 0.2) is 78.3 Å². The van der Waals surface area contributed by atoms with E-state index in [0.29, 0.717) is 28.9 Å². The van der Waals surface area contributed by atoms with Gasteiger partial charge in [-0.2, -0.15) is 4.52 Å². The average Bonchev–Trinajstić information content (AvgIpc) is 3.63. The summed E-state index contributed by atoms with van der Waals surface area (Å²) in [4.78, 5) is 18.1. The molecule has 9 nitrogen and oxygen atoms in total. The predicted octanol–water partition coefficient (Wildman–Crippen LogP) is 4.56. The molecule has 0 unspecified atom stereocenters. The van der Waals surface area contributed by atoms with Crippen LogP contribution in [0.25, 0.3) is 33.3 Å². The Kier molecular flexibility index (Phi) is 6.25. The van der Waals surface area contributed by atoms with Crippen molar-refractivity contribution in [3.8, 4) is 28.5 Å². The summed E-state index contributed by atoms with van der Waals surface area (Å²) < 4.78 is 9.37. The summed E-state index contributed by atoms with van der Waals surface area (Å²) in [7, 11) is 0. The van der Waals surface area contributed by atoms with Crippen molar-refractivity contribution in [2.75, 3.05) is 13.2 Å². The number of nitrogens with one attached hydrogen (secondary N) is 1. The number of imidazole rings is 1. The van der Waals surface area contributed by atoms with Crippen LogP contribution >= 0.6 is 22.9 Å². The molecular formula is C26H20ClN7O2S. The van der Waals surface area contributed by atoms with Crippen molar-refractivity contribution in [2.24, 2.45) is 0 Å². The molecule has 1 N–H and O–H groups in total. The monoisotopic (exact) mass is 529 g/mol. The number of amides is 1. The van der Waals surface area contributed by atoms with E-state index < -0.39 is 0 Å². The van der Waals surface area contributed by atoms with Crippen molar-refractivity contribution in [3.05, 3.63) is 89.0 Å². The molecule has 2 aromatic carbocycles. The summed E-state index contributed by atoms with van der Waals surface area (Å²) >= 11 is 7.49. The fourth-order valence-corrected chi connectivity index (χ4v) is 4.90. The molecule has 6 rings (SSSR count). The van der Waals surface area contributed by atoms with Crippen molar-refractivity contribution in [1.82, 2.24) is 34.5 Å². The Morgan fingerprint density at radius 3 is 2.68 bits per heavy atom. The van der Waals surface area contributed by atoms with E-state index in [9.17, 15) is 4.79 Å². The minimum atomic E-state index is -0.0985. The van der Waals surface area contributed by atoms with Gasteiger partial charge >= 0.3 is 0 Å². The third-order valence-corrected chi connectivity index (χ3v) is 6.85. The first-order valence-electron chi connectivity index (χ1n) is 11.5. The van der Waals surface area contributed by atoms with Crippen LogP contribution in [0.1, 0.15) is 5.69 Å². The van der Waals surface area contributed by atoms with Gasteiger partial charge in [-0.15, -0.1) is 26.6 Å². The topological polar surface area (TPSA) is 98.7 Å². The molecule has 11 heteroatoms. The highest BCUT2D eigenvalue weighted by atomic mass is 35.5. The maximum Gasteiger partial charge on any atom is 0.231 e. The molecule has 0 saturated heterocycles. The molecule has 4 aromatic heterocycles. The molecule has 0 bridgehead atoms. The van der Waals surface area contributed by atoms with Crippen LogP contribution in [0, 0.1) is 0 Å². The minimum Gasteiger partial charge on any atom is -0.475 e. The molecule has 37 heavy (non-hydrogen) atoms. The Morgan fingerprint density at radius 2 is 1.84 bits per heavy atom. The van der Waals surface area contributed by atoms with Crippen LogP contribution in [0.3, 0.4) is 0 Å². The van der Waals surface area contributed by atoms with Gasteiger partial charge in [0, 0.05) is 39.5 Å². The van der Waals surface area contributed by atoms with E-state index in [2.05, 4.69) is 25.6 Å². The summed E-state index contributed by atoms with van der Waals surface area (Å²) in [6, 6.07) is 20.8. The van der Waals surface area contributed by atoms with Gasteiger partial charge in [0.05, 0.1) is 18.7 Å². The van der Waals surface area contributed by atoms with Crippen LogP contribution in [-0.2, 0) is 11.2 Å². The van der Waals surface area contributed by atoms with E-state index >= 15 is 0 Å². The largest absolute Gasteiger partial charge is 0.475 e. The van der Waals surface area contributed by atoms with Crippen LogP contribution in [0.4, 0.5) is 0 Å². The fraction of sp³-hybridized carbons (Fsp3) is 0.115. The number of halogens is 1. The first-order valence-corrected chi connectivity index (χ1v) is 12.8. The number of carbonyl (C=O) groups is 1. The zero-order valence-corrected chi connectivity index (χ0v) is 21.0. The summed E-state index contributed by atoms with van der Waals surface area (Å²) in [5.41, 5.74) is 4.22. The minimum absolute atomic E-state index is 0.0985. The number of hydrogen-bond donors (Lipinski definition) is 1. The van der Waals surface area contributed by atoms with Gasteiger partial charge in [-0.1, -0.05) is 54.1 Å². The van der Waals surface area contributed by atoms with E-state index in [-0.39, 0.29) is 18.9 Å². The third kappa shape index (κ3) is 4.89. The molecule has 0 radical (unpaired) electrons. The lowest BCUT2D eigenvalue weighted by molar-refractivity contribution is -0.120. The van der Waals surface area contributed by atoms with Gasteiger partial charge in [0.25, 0.3) is 0 Å². The quantitative estimate of drug-likeness (QED) is 0.290. The van der Waals surface area contributed by atoms with E-state index in [4.69, 9.17) is 16.3 Å². The standard InChI is InChI=1S/C26H20ClN7O2S/c27-19-8-6-17(7-9-19)21-15-33-20(16-37-26(33)29-21)14-23(35)28-12-13-36-24-11-10-22-30-31-25(34(22)32-24)18-4-2-1-3-5-18/h1-11,15-16H,12-14H2,(H,28,35). The molecule has 1 amide bonds. The Labute approximate surface area is 220 Å². The molecule has 0 aliphatic rings. The second-order valence-electron chi connectivity index (χ2n) is 8.22. The molecule has 0 fully saturated rings. The lowest BCUT2D eigenvalue weighted by Gasteiger charge is -2.07. The van der Waals surface area contributed by atoms with Gasteiger partial charge in [-0.25, -0.2) is 4.98 Å². The fourth-order valence-electron chi connectivity index (χ4n) is 3.91. The van der Waals surface area contributed by atoms with Gasteiger partial charge in [0.15, 0.2) is 16.4 Å². The molecule has 0 aliphatic heterocycles. The predicted molar refractivity (Wildman–Crippen MR) is 142 cm³/mol. The lowest BCUT2D eigenvalue weighted by Crippen LogP contribution is -2.29. The maximum absolute atomic E-state index is 12.6. The lowest BCUT2D eigenvalue weighted by atomic mass is 10.2. The number of ether oxygens (including phenoxy) is 1. The van der Waals surface area contributed by atoms with Gasteiger partial charge in [-0.3, -0.25) is 9.20 Å². The second-order valence-corrected chi connectivity index (χ2v) is 9.49. The molecule has 0 saturated carbocycles. The van der Waals surface area contributed by atoms with E-state index in [1.165, 1.54) is 11.3 Å². The zero-order chi connectivity index (χ0) is 25.2. The first-order chi connectivity index (χ1) is 18.1.